The van der Waals surface area contributed by atoms with Gasteiger partial charge in [-0.15, -0.1) is 0 Å². The molecule has 1 aromatic heterocycles. The van der Waals surface area contributed by atoms with E-state index in [0.717, 1.165) is 46.1 Å². The van der Waals surface area contributed by atoms with E-state index >= 15 is 0 Å². The van der Waals surface area contributed by atoms with E-state index in [9.17, 15) is 9.90 Å². The van der Waals surface area contributed by atoms with Gasteiger partial charge in [0.25, 0.3) is 0 Å². The fourth-order valence-electron chi connectivity index (χ4n) is 3.64. The average molecular weight is 360 g/mol. The van der Waals surface area contributed by atoms with Crippen LogP contribution in [0.25, 0.3) is 16.6 Å². The quantitative estimate of drug-likeness (QED) is 0.673. The lowest BCUT2D eigenvalue weighted by Gasteiger charge is -2.10. The van der Waals surface area contributed by atoms with E-state index in [0.29, 0.717) is 5.56 Å². The van der Waals surface area contributed by atoms with Crippen LogP contribution in [0.1, 0.15) is 35.1 Å². The van der Waals surface area contributed by atoms with E-state index in [1.165, 1.54) is 0 Å². The van der Waals surface area contributed by atoms with Crippen LogP contribution in [-0.4, -0.2) is 28.2 Å². The third-order valence-electron chi connectivity index (χ3n) is 5.10. The molecule has 2 aromatic carbocycles. The van der Waals surface area contributed by atoms with Crippen LogP contribution in [0.15, 0.2) is 41.4 Å². The van der Waals surface area contributed by atoms with Crippen molar-refractivity contribution in [3.63, 3.8) is 0 Å². The third kappa shape index (κ3) is 3.39. The Bertz CT molecular complexity index is 1050. The maximum atomic E-state index is 11.9. The first kappa shape index (κ1) is 17.5. The van der Waals surface area contributed by atoms with Crippen molar-refractivity contribution >= 4 is 22.9 Å². The third-order valence-corrected chi connectivity index (χ3v) is 5.10. The van der Waals surface area contributed by atoms with Crippen molar-refractivity contribution in [1.82, 2.24) is 4.57 Å². The number of benzene rings is 2. The molecule has 0 saturated heterocycles. The van der Waals surface area contributed by atoms with Gasteiger partial charge < -0.3 is 5.11 Å². The van der Waals surface area contributed by atoms with Crippen molar-refractivity contribution < 1.29 is 9.90 Å². The highest BCUT2D eigenvalue weighted by atomic mass is 16.3. The Balaban J connectivity index is 1.83. The summed E-state index contributed by atoms with van der Waals surface area (Å²) in [7, 11) is 0. The minimum Gasteiger partial charge on any atom is -0.494 e. The molecule has 0 bridgehead atoms. The van der Waals surface area contributed by atoms with Gasteiger partial charge in [-0.1, -0.05) is 18.2 Å². The molecular formula is C23H24N2O2. The lowest BCUT2D eigenvalue weighted by Crippen LogP contribution is -2.04. The predicted molar refractivity (Wildman–Crippen MR) is 109 cm³/mol. The minimum atomic E-state index is 0.156. The van der Waals surface area contributed by atoms with Gasteiger partial charge >= 0.3 is 0 Å². The van der Waals surface area contributed by atoms with Gasteiger partial charge in [0.05, 0.1) is 17.6 Å². The van der Waals surface area contributed by atoms with Crippen LogP contribution in [0, 0.1) is 26.7 Å². The number of aryl methyl sites for hydroxylation is 3. The molecule has 0 amide bonds. The molecule has 138 valence electrons. The zero-order valence-electron chi connectivity index (χ0n) is 16.0. The molecule has 0 radical (unpaired) electrons. The number of rotatable bonds is 5. The number of Topliss-reactive ketones (excluding diaryl/α,β-unsaturated/α-hetero) is 1. The molecule has 4 heteroatoms. The second-order valence-electron chi connectivity index (χ2n) is 7.65. The minimum absolute atomic E-state index is 0.156. The molecule has 1 saturated carbocycles. The van der Waals surface area contributed by atoms with E-state index < -0.39 is 0 Å². The molecule has 0 atom stereocenters. The first-order valence-electron chi connectivity index (χ1n) is 9.39. The van der Waals surface area contributed by atoms with Crippen molar-refractivity contribution in [2.75, 3.05) is 6.54 Å². The van der Waals surface area contributed by atoms with Gasteiger partial charge in [0.15, 0.2) is 5.78 Å². The molecule has 1 N–H and O–H groups in total. The number of hydrogen-bond donors (Lipinski definition) is 1. The Morgan fingerprint density at radius 2 is 1.81 bits per heavy atom. The van der Waals surface area contributed by atoms with Gasteiger partial charge in [-0.05, 0) is 68.5 Å². The summed E-state index contributed by atoms with van der Waals surface area (Å²) >= 11 is 0. The first-order chi connectivity index (χ1) is 12.9. The molecule has 1 aliphatic carbocycles. The van der Waals surface area contributed by atoms with Crippen LogP contribution in [0.4, 0.5) is 0 Å². The number of fused-ring (bicyclic) bond motifs is 1. The Kier molecular flexibility index (Phi) is 4.34. The zero-order chi connectivity index (χ0) is 19.1. The van der Waals surface area contributed by atoms with Crippen molar-refractivity contribution in [2.45, 2.75) is 33.6 Å². The van der Waals surface area contributed by atoms with E-state index in [1.807, 2.05) is 23.6 Å². The fourth-order valence-corrected chi connectivity index (χ4v) is 3.64. The van der Waals surface area contributed by atoms with Crippen molar-refractivity contribution in [2.24, 2.45) is 10.9 Å². The first-order valence-corrected chi connectivity index (χ1v) is 9.39. The summed E-state index contributed by atoms with van der Waals surface area (Å²) < 4.78 is 1.87. The number of aromatic nitrogens is 1. The molecule has 4 rings (SSSR count). The molecule has 1 aliphatic rings. The van der Waals surface area contributed by atoms with E-state index in [4.69, 9.17) is 0 Å². The predicted octanol–water partition coefficient (Wildman–Crippen LogP) is 4.66. The Morgan fingerprint density at radius 3 is 2.48 bits per heavy atom. The summed E-state index contributed by atoms with van der Waals surface area (Å²) in [6, 6.07) is 12.3. The zero-order valence-corrected chi connectivity index (χ0v) is 16.0. The maximum Gasteiger partial charge on any atom is 0.205 e. The summed E-state index contributed by atoms with van der Waals surface area (Å²) in [5.41, 5.74) is 5.93. The van der Waals surface area contributed by atoms with E-state index in [-0.39, 0.29) is 24.1 Å². The van der Waals surface area contributed by atoms with Gasteiger partial charge in [-0.25, -0.2) is 0 Å². The summed E-state index contributed by atoms with van der Waals surface area (Å²) in [6.45, 7) is 6.33. The van der Waals surface area contributed by atoms with Crippen molar-refractivity contribution in [3.05, 3.63) is 58.7 Å². The number of ketones is 1. The summed E-state index contributed by atoms with van der Waals surface area (Å²) in [6.07, 6.45) is 3.63. The number of aliphatic imine (C=N–C) groups is 1. The maximum absolute atomic E-state index is 11.9. The highest BCUT2D eigenvalue weighted by Crippen LogP contribution is 2.34. The normalized spacial score (nSPS) is 14.3. The van der Waals surface area contributed by atoms with E-state index in [1.54, 1.807) is 6.21 Å². The van der Waals surface area contributed by atoms with Crippen LogP contribution >= 0.6 is 0 Å². The second kappa shape index (κ2) is 6.69. The van der Waals surface area contributed by atoms with Crippen molar-refractivity contribution in [3.8, 4) is 11.6 Å². The fraction of sp³-hybridized carbons (Fsp3) is 0.304. The number of nitrogens with zero attached hydrogens (tertiary/aromatic N) is 2. The monoisotopic (exact) mass is 360 g/mol. The standard InChI is InChI=1S/C23H24N2O2/c1-14-4-7-19-20(12-24-13-22(26)17-5-6-17)23(27)25(21(19)11-14)18-9-15(2)8-16(3)10-18/h4,7-12,17,27H,5-6,13H2,1-3H3. The molecule has 3 aromatic rings. The highest BCUT2D eigenvalue weighted by Gasteiger charge is 2.28. The highest BCUT2D eigenvalue weighted by molar-refractivity contribution is 6.04. The van der Waals surface area contributed by atoms with Gasteiger partial charge in [-0.3, -0.25) is 14.4 Å². The molecular weight excluding hydrogens is 336 g/mol. The molecule has 0 unspecified atom stereocenters. The molecule has 27 heavy (non-hydrogen) atoms. The summed E-state index contributed by atoms with van der Waals surface area (Å²) in [5.74, 6) is 0.554. The molecule has 0 aliphatic heterocycles. The molecule has 1 fully saturated rings. The van der Waals surface area contributed by atoms with Gasteiger partial charge in [-0.2, -0.15) is 0 Å². The van der Waals surface area contributed by atoms with Crippen LogP contribution in [-0.2, 0) is 4.79 Å². The van der Waals surface area contributed by atoms with E-state index in [2.05, 4.69) is 43.1 Å². The molecule has 0 spiro atoms. The number of carbonyl (C=O) groups is 1. The smallest absolute Gasteiger partial charge is 0.205 e. The lowest BCUT2D eigenvalue weighted by molar-refractivity contribution is -0.118. The average Bonchev–Trinajstić information content (AvgIpc) is 3.40. The topological polar surface area (TPSA) is 54.6 Å². The Labute approximate surface area is 159 Å². The van der Waals surface area contributed by atoms with Crippen molar-refractivity contribution in [1.29, 1.82) is 0 Å². The largest absolute Gasteiger partial charge is 0.494 e. The van der Waals surface area contributed by atoms with Gasteiger partial charge in [0.1, 0.15) is 0 Å². The SMILES string of the molecule is Cc1cc(C)cc(-n2c(O)c(C=NCC(=O)C3CC3)c3ccc(C)cc32)c1. The second-order valence-corrected chi connectivity index (χ2v) is 7.65. The Hall–Kier alpha value is -2.88. The number of carbonyl (C=O) groups excluding carboxylic acids is 1. The molecule has 4 nitrogen and oxygen atoms in total. The molecule has 1 heterocycles. The summed E-state index contributed by atoms with van der Waals surface area (Å²) in [4.78, 5) is 16.2. The Morgan fingerprint density at radius 1 is 1.11 bits per heavy atom. The number of hydrogen-bond acceptors (Lipinski definition) is 3. The number of aromatic hydroxyl groups is 1. The lowest BCUT2D eigenvalue weighted by atomic mass is 10.1. The van der Waals surface area contributed by atoms with Crippen LogP contribution < -0.4 is 0 Å². The van der Waals surface area contributed by atoms with Crippen LogP contribution in [0.3, 0.4) is 0 Å². The van der Waals surface area contributed by atoms with Crippen LogP contribution in [0.5, 0.6) is 5.88 Å². The summed E-state index contributed by atoms with van der Waals surface area (Å²) in [5, 5.41) is 11.9. The van der Waals surface area contributed by atoms with Gasteiger partial charge in [0.2, 0.25) is 5.88 Å². The van der Waals surface area contributed by atoms with Gasteiger partial charge in [0, 0.05) is 23.2 Å². The van der Waals surface area contributed by atoms with Crippen LogP contribution in [0.2, 0.25) is 0 Å².